The number of nitrogens with zero attached hydrogens (tertiary/aromatic N) is 1. The number of likely N-dealkylation sites (N-methyl/N-ethyl adjacent to an activating group) is 1. The summed E-state index contributed by atoms with van der Waals surface area (Å²) in [5.74, 6) is 0.489. The van der Waals surface area contributed by atoms with Gasteiger partial charge in [-0.3, -0.25) is 4.79 Å². The molecule has 1 amide bonds. The van der Waals surface area contributed by atoms with Gasteiger partial charge in [0.25, 0.3) is 5.91 Å². The third-order valence-corrected chi connectivity index (χ3v) is 4.49. The SMILES string of the molecule is CN(CCCNc1cc(=O)oc2ccccc12)C(=O)COc1ccc(Cl)cc1. The Kier molecular flexibility index (Phi) is 6.55. The molecule has 0 aliphatic heterocycles. The molecule has 3 aromatic rings. The van der Waals surface area contributed by atoms with Gasteiger partial charge in [-0.05, 0) is 42.8 Å². The maximum Gasteiger partial charge on any atom is 0.338 e. The van der Waals surface area contributed by atoms with Crippen LogP contribution in [0.4, 0.5) is 5.69 Å². The molecule has 0 unspecified atom stereocenters. The first kappa shape index (κ1) is 19.8. The molecule has 6 nitrogen and oxygen atoms in total. The lowest BCUT2D eigenvalue weighted by atomic mass is 10.2. The number of fused-ring (bicyclic) bond motifs is 1. The highest BCUT2D eigenvalue weighted by molar-refractivity contribution is 6.30. The van der Waals surface area contributed by atoms with Crippen LogP contribution in [-0.2, 0) is 4.79 Å². The number of benzene rings is 2. The maximum atomic E-state index is 12.2. The molecule has 1 N–H and O–H groups in total. The van der Waals surface area contributed by atoms with Crippen molar-refractivity contribution in [3.05, 3.63) is 70.0 Å². The molecule has 0 fully saturated rings. The molecule has 2 aromatic carbocycles. The zero-order valence-electron chi connectivity index (χ0n) is 15.5. The van der Waals surface area contributed by atoms with Gasteiger partial charge in [0.05, 0.1) is 5.69 Å². The smallest absolute Gasteiger partial charge is 0.338 e. The first-order valence-electron chi connectivity index (χ1n) is 8.92. The number of hydrogen-bond donors (Lipinski definition) is 1. The number of amides is 1. The van der Waals surface area contributed by atoms with E-state index in [1.54, 1.807) is 42.3 Å². The zero-order chi connectivity index (χ0) is 19.9. The second-order valence-corrected chi connectivity index (χ2v) is 6.75. The Bertz CT molecular complexity index is 1000. The molecule has 0 atom stereocenters. The van der Waals surface area contributed by atoms with Crippen molar-refractivity contribution in [1.29, 1.82) is 0 Å². The largest absolute Gasteiger partial charge is 0.484 e. The van der Waals surface area contributed by atoms with Gasteiger partial charge in [-0.2, -0.15) is 0 Å². The molecule has 3 rings (SSSR count). The first-order chi connectivity index (χ1) is 13.5. The van der Waals surface area contributed by atoms with Gasteiger partial charge in [-0.1, -0.05) is 23.7 Å². The molecular weight excluding hydrogens is 380 g/mol. The van der Waals surface area contributed by atoms with E-state index in [1.165, 1.54) is 6.07 Å². The number of carbonyl (C=O) groups is 1. The summed E-state index contributed by atoms with van der Waals surface area (Å²) in [6, 6.07) is 15.7. The molecule has 0 radical (unpaired) electrons. The number of hydrogen-bond acceptors (Lipinski definition) is 5. The molecule has 1 heterocycles. The van der Waals surface area contributed by atoms with Gasteiger partial charge in [-0.15, -0.1) is 0 Å². The van der Waals surface area contributed by atoms with Crippen LogP contribution in [0.1, 0.15) is 6.42 Å². The van der Waals surface area contributed by atoms with Crippen LogP contribution < -0.4 is 15.7 Å². The predicted octanol–water partition coefficient (Wildman–Crippen LogP) is 3.79. The van der Waals surface area contributed by atoms with E-state index < -0.39 is 5.63 Å². The van der Waals surface area contributed by atoms with E-state index in [1.807, 2.05) is 18.2 Å². The number of carbonyl (C=O) groups excluding carboxylic acids is 1. The second-order valence-electron chi connectivity index (χ2n) is 6.31. The fourth-order valence-corrected chi connectivity index (χ4v) is 2.83. The van der Waals surface area contributed by atoms with Crippen LogP contribution in [0.3, 0.4) is 0 Å². The van der Waals surface area contributed by atoms with E-state index >= 15 is 0 Å². The Balaban J connectivity index is 1.45. The van der Waals surface area contributed by atoms with Gasteiger partial charge in [0.1, 0.15) is 11.3 Å². The maximum absolute atomic E-state index is 12.2. The number of halogens is 1. The third kappa shape index (κ3) is 5.27. The minimum atomic E-state index is -0.396. The van der Waals surface area contributed by atoms with Gasteiger partial charge in [0.2, 0.25) is 0 Å². The molecule has 1 aromatic heterocycles. The molecule has 0 aliphatic rings. The van der Waals surface area contributed by atoms with Gasteiger partial charge in [-0.25, -0.2) is 4.79 Å². The summed E-state index contributed by atoms with van der Waals surface area (Å²) in [5.41, 5.74) is 0.879. The fourth-order valence-electron chi connectivity index (χ4n) is 2.71. The summed E-state index contributed by atoms with van der Waals surface area (Å²) in [6.07, 6.45) is 0.720. The summed E-state index contributed by atoms with van der Waals surface area (Å²) in [5, 5.41) is 4.71. The van der Waals surface area contributed by atoms with Crippen molar-refractivity contribution in [2.45, 2.75) is 6.42 Å². The van der Waals surface area contributed by atoms with Crippen molar-refractivity contribution in [2.24, 2.45) is 0 Å². The van der Waals surface area contributed by atoms with E-state index in [0.717, 1.165) is 17.5 Å². The monoisotopic (exact) mass is 400 g/mol. The normalized spacial score (nSPS) is 10.6. The van der Waals surface area contributed by atoms with Crippen molar-refractivity contribution in [2.75, 3.05) is 32.1 Å². The Morgan fingerprint density at radius 1 is 1.18 bits per heavy atom. The molecule has 0 spiro atoms. The molecule has 146 valence electrons. The lowest BCUT2D eigenvalue weighted by Gasteiger charge is -2.18. The van der Waals surface area contributed by atoms with Crippen LogP contribution in [0, 0.1) is 0 Å². The number of ether oxygens (including phenoxy) is 1. The van der Waals surface area contributed by atoms with Crippen LogP contribution in [0.5, 0.6) is 5.75 Å². The van der Waals surface area contributed by atoms with Crippen molar-refractivity contribution in [3.8, 4) is 5.75 Å². The molecule has 7 heteroatoms. The summed E-state index contributed by atoms with van der Waals surface area (Å²) in [4.78, 5) is 25.4. The number of rotatable bonds is 8. The Morgan fingerprint density at radius 2 is 1.93 bits per heavy atom. The number of anilines is 1. The zero-order valence-corrected chi connectivity index (χ0v) is 16.2. The van der Waals surface area contributed by atoms with Crippen molar-refractivity contribution in [3.63, 3.8) is 0 Å². The Labute approximate surface area is 167 Å². The van der Waals surface area contributed by atoms with E-state index in [2.05, 4.69) is 5.32 Å². The predicted molar refractivity (Wildman–Crippen MR) is 110 cm³/mol. The van der Waals surface area contributed by atoms with Gasteiger partial charge in [0.15, 0.2) is 6.61 Å². The van der Waals surface area contributed by atoms with Crippen molar-refractivity contribution < 1.29 is 13.9 Å². The molecule has 0 saturated carbocycles. The molecular formula is C21H21ClN2O4. The van der Waals surface area contributed by atoms with Gasteiger partial charge in [0, 0.05) is 36.6 Å². The van der Waals surface area contributed by atoms with Crippen LogP contribution in [0.15, 0.2) is 63.8 Å². The lowest BCUT2D eigenvalue weighted by molar-refractivity contribution is -0.132. The highest BCUT2D eigenvalue weighted by Crippen LogP contribution is 2.20. The standard InChI is InChI=1S/C21H21ClN2O4/c1-24(20(25)14-27-16-9-7-15(22)8-10-16)12-4-11-23-18-13-21(26)28-19-6-3-2-5-17(18)19/h2-3,5-10,13,23H,4,11-12,14H2,1H3. The van der Waals surface area contributed by atoms with Crippen LogP contribution >= 0.6 is 11.6 Å². The summed E-state index contributed by atoms with van der Waals surface area (Å²) in [7, 11) is 1.74. The van der Waals surface area contributed by atoms with E-state index in [4.69, 9.17) is 20.8 Å². The Morgan fingerprint density at radius 3 is 2.71 bits per heavy atom. The average Bonchev–Trinajstić information content (AvgIpc) is 2.70. The topological polar surface area (TPSA) is 71.8 Å². The van der Waals surface area contributed by atoms with Gasteiger partial charge >= 0.3 is 5.63 Å². The summed E-state index contributed by atoms with van der Waals surface area (Å²) in [6.45, 7) is 1.15. The minimum Gasteiger partial charge on any atom is -0.484 e. The molecule has 0 bridgehead atoms. The molecule has 28 heavy (non-hydrogen) atoms. The number of para-hydroxylation sites is 1. The Hall–Kier alpha value is -2.99. The number of nitrogens with one attached hydrogen (secondary N) is 1. The van der Waals surface area contributed by atoms with Crippen LogP contribution in [-0.4, -0.2) is 37.6 Å². The minimum absolute atomic E-state index is 0.0318. The van der Waals surface area contributed by atoms with E-state index in [-0.39, 0.29) is 12.5 Å². The van der Waals surface area contributed by atoms with Crippen molar-refractivity contribution in [1.82, 2.24) is 4.90 Å². The third-order valence-electron chi connectivity index (χ3n) is 4.24. The highest BCUT2D eigenvalue weighted by atomic mass is 35.5. The second kappa shape index (κ2) is 9.28. The molecule has 0 saturated heterocycles. The van der Waals surface area contributed by atoms with E-state index in [9.17, 15) is 9.59 Å². The fraction of sp³-hybridized carbons (Fsp3) is 0.238. The summed E-state index contributed by atoms with van der Waals surface area (Å²) < 4.78 is 10.6. The van der Waals surface area contributed by atoms with Crippen LogP contribution in [0.2, 0.25) is 5.02 Å². The molecule has 0 aliphatic carbocycles. The van der Waals surface area contributed by atoms with E-state index in [0.29, 0.717) is 29.4 Å². The van der Waals surface area contributed by atoms with Gasteiger partial charge < -0.3 is 19.4 Å². The quantitative estimate of drug-likeness (QED) is 0.460. The first-order valence-corrected chi connectivity index (χ1v) is 9.30. The van der Waals surface area contributed by atoms with Crippen molar-refractivity contribution >= 4 is 34.2 Å². The lowest BCUT2D eigenvalue weighted by Crippen LogP contribution is -2.33. The highest BCUT2D eigenvalue weighted by Gasteiger charge is 2.10. The van der Waals surface area contributed by atoms with Crippen LogP contribution in [0.25, 0.3) is 11.0 Å². The average molecular weight is 401 g/mol. The summed E-state index contributed by atoms with van der Waals surface area (Å²) >= 11 is 5.82.